The summed E-state index contributed by atoms with van der Waals surface area (Å²) in [6.45, 7) is 3.89. The Morgan fingerprint density at radius 1 is 1.31 bits per heavy atom. The van der Waals surface area contributed by atoms with Crippen molar-refractivity contribution in [2.24, 2.45) is 5.73 Å². The highest BCUT2D eigenvalue weighted by molar-refractivity contribution is 5.84. The van der Waals surface area contributed by atoms with Crippen LogP contribution in [-0.4, -0.2) is 29.5 Å². The van der Waals surface area contributed by atoms with Crippen molar-refractivity contribution in [3.8, 4) is 0 Å². The summed E-state index contributed by atoms with van der Waals surface area (Å²) in [4.78, 5) is 5.94. The lowest BCUT2D eigenvalue weighted by Crippen LogP contribution is -2.34. The summed E-state index contributed by atoms with van der Waals surface area (Å²) < 4.78 is 0. The Labute approximate surface area is 95.2 Å². The lowest BCUT2D eigenvalue weighted by molar-refractivity contribution is 0.259. The molecule has 0 fully saturated rings. The molecule has 2 aromatic rings. The Kier molecular flexibility index (Phi) is 2.42. The molecular formula is C13H17N3. The van der Waals surface area contributed by atoms with E-state index in [0.717, 1.165) is 32.6 Å². The summed E-state index contributed by atoms with van der Waals surface area (Å²) in [7, 11) is 0. The second-order valence-corrected chi connectivity index (χ2v) is 4.44. The summed E-state index contributed by atoms with van der Waals surface area (Å²) in [5, 5.41) is 1.39. The second kappa shape index (κ2) is 3.92. The number of rotatable bonds is 2. The third-order valence-corrected chi connectivity index (χ3v) is 3.41. The largest absolute Gasteiger partial charge is 0.357 e. The average Bonchev–Trinajstić information content (AvgIpc) is 2.67. The first-order chi connectivity index (χ1) is 7.88. The number of aromatic amines is 1. The maximum atomic E-state index is 5.60. The molecule has 2 heterocycles. The van der Waals surface area contributed by atoms with Gasteiger partial charge in [0.2, 0.25) is 0 Å². The van der Waals surface area contributed by atoms with Gasteiger partial charge in [-0.25, -0.2) is 0 Å². The van der Waals surface area contributed by atoms with E-state index in [2.05, 4.69) is 34.1 Å². The van der Waals surface area contributed by atoms with Crippen molar-refractivity contribution in [3.63, 3.8) is 0 Å². The molecule has 3 heteroatoms. The lowest BCUT2D eigenvalue weighted by atomic mass is 10.0. The first-order valence-corrected chi connectivity index (χ1v) is 5.89. The van der Waals surface area contributed by atoms with Gasteiger partial charge in [0, 0.05) is 42.8 Å². The minimum atomic E-state index is 0.746. The van der Waals surface area contributed by atoms with Gasteiger partial charge < -0.3 is 10.7 Å². The van der Waals surface area contributed by atoms with Crippen molar-refractivity contribution < 1.29 is 0 Å². The zero-order chi connectivity index (χ0) is 11.0. The molecule has 16 heavy (non-hydrogen) atoms. The van der Waals surface area contributed by atoms with Crippen LogP contribution < -0.4 is 5.73 Å². The molecular weight excluding hydrogens is 198 g/mol. The fourth-order valence-corrected chi connectivity index (χ4v) is 2.62. The van der Waals surface area contributed by atoms with E-state index in [1.165, 1.54) is 22.2 Å². The van der Waals surface area contributed by atoms with Crippen LogP contribution in [0.1, 0.15) is 11.3 Å². The number of nitrogens with zero attached hydrogens (tertiary/aromatic N) is 1. The van der Waals surface area contributed by atoms with E-state index in [0.29, 0.717) is 0 Å². The predicted molar refractivity (Wildman–Crippen MR) is 66.3 cm³/mol. The van der Waals surface area contributed by atoms with Crippen LogP contribution in [0.3, 0.4) is 0 Å². The number of benzene rings is 1. The van der Waals surface area contributed by atoms with Crippen molar-refractivity contribution in [2.45, 2.75) is 13.0 Å². The van der Waals surface area contributed by atoms with Gasteiger partial charge in [-0.15, -0.1) is 0 Å². The Morgan fingerprint density at radius 3 is 3.06 bits per heavy atom. The fourth-order valence-electron chi connectivity index (χ4n) is 2.62. The molecule has 1 aliphatic rings. The van der Waals surface area contributed by atoms with Gasteiger partial charge >= 0.3 is 0 Å². The maximum absolute atomic E-state index is 5.60. The standard InChI is InChI=1S/C13H17N3/c14-6-8-16-7-5-11-10-3-1-2-4-12(10)15-13(11)9-16/h1-4,15H,5-9,14H2. The van der Waals surface area contributed by atoms with Crippen molar-refractivity contribution in [1.82, 2.24) is 9.88 Å². The molecule has 0 spiro atoms. The topological polar surface area (TPSA) is 45.0 Å². The lowest BCUT2D eigenvalue weighted by Gasteiger charge is -2.26. The number of hydrogen-bond donors (Lipinski definition) is 2. The van der Waals surface area contributed by atoms with Crippen molar-refractivity contribution >= 4 is 10.9 Å². The van der Waals surface area contributed by atoms with Gasteiger partial charge in [-0.1, -0.05) is 18.2 Å². The Hall–Kier alpha value is -1.32. The summed E-state index contributed by atoms with van der Waals surface area (Å²) in [6, 6.07) is 8.56. The van der Waals surface area contributed by atoms with Crippen LogP contribution in [0.15, 0.2) is 24.3 Å². The van der Waals surface area contributed by atoms with Gasteiger partial charge in [0.05, 0.1) is 0 Å². The third kappa shape index (κ3) is 1.52. The molecule has 3 N–H and O–H groups in total. The molecule has 3 nitrogen and oxygen atoms in total. The molecule has 0 saturated carbocycles. The normalized spacial score (nSPS) is 16.6. The number of nitrogens with one attached hydrogen (secondary N) is 1. The van der Waals surface area contributed by atoms with E-state index < -0.39 is 0 Å². The second-order valence-electron chi connectivity index (χ2n) is 4.44. The first kappa shape index (κ1) is 9.87. The first-order valence-electron chi connectivity index (χ1n) is 5.89. The van der Waals surface area contributed by atoms with Crippen LogP contribution in [0.2, 0.25) is 0 Å². The van der Waals surface area contributed by atoms with Crippen LogP contribution in [0.5, 0.6) is 0 Å². The summed E-state index contributed by atoms with van der Waals surface area (Å²) in [6.07, 6.45) is 1.14. The predicted octanol–water partition coefficient (Wildman–Crippen LogP) is 1.48. The molecule has 0 aliphatic carbocycles. The number of para-hydroxylation sites is 1. The van der Waals surface area contributed by atoms with E-state index in [1.54, 1.807) is 0 Å². The minimum absolute atomic E-state index is 0.746. The molecule has 1 aliphatic heterocycles. The number of nitrogens with two attached hydrogens (primary N) is 1. The summed E-state index contributed by atoms with van der Waals surface area (Å²) >= 11 is 0. The molecule has 1 aromatic heterocycles. The van der Waals surface area contributed by atoms with Crippen LogP contribution in [0.4, 0.5) is 0 Å². The van der Waals surface area contributed by atoms with E-state index in [4.69, 9.17) is 5.73 Å². The highest BCUT2D eigenvalue weighted by atomic mass is 15.1. The van der Waals surface area contributed by atoms with Crippen LogP contribution in [0, 0.1) is 0 Å². The molecule has 84 valence electrons. The molecule has 0 saturated heterocycles. The quantitative estimate of drug-likeness (QED) is 0.797. The molecule has 0 amide bonds. The van der Waals surface area contributed by atoms with Gasteiger partial charge in [-0.05, 0) is 18.1 Å². The van der Waals surface area contributed by atoms with Crippen molar-refractivity contribution in [2.75, 3.05) is 19.6 Å². The smallest absolute Gasteiger partial charge is 0.0459 e. The third-order valence-electron chi connectivity index (χ3n) is 3.41. The highest BCUT2D eigenvalue weighted by Gasteiger charge is 2.19. The zero-order valence-corrected chi connectivity index (χ0v) is 9.37. The van der Waals surface area contributed by atoms with E-state index in [9.17, 15) is 0 Å². The molecule has 1 aromatic carbocycles. The van der Waals surface area contributed by atoms with Crippen LogP contribution >= 0.6 is 0 Å². The number of aromatic nitrogens is 1. The maximum Gasteiger partial charge on any atom is 0.0459 e. The fraction of sp³-hybridized carbons (Fsp3) is 0.385. The van der Waals surface area contributed by atoms with Gasteiger partial charge in [-0.3, -0.25) is 4.90 Å². The van der Waals surface area contributed by atoms with Crippen LogP contribution in [-0.2, 0) is 13.0 Å². The minimum Gasteiger partial charge on any atom is -0.357 e. The molecule has 0 bridgehead atoms. The zero-order valence-electron chi connectivity index (χ0n) is 9.37. The van der Waals surface area contributed by atoms with E-state index >= 15 is 0 Å². The van der Waals surface area contributed by atoms with Gasteiger partial charge in [0.25, 0.3) is 0 Å². The van der Waals surface area contributed by atoms with Gasteiger partial charge in [0.15, 0.2) is 0 Å². The SMILES string of the molecule is NCCN1CCc2c([nH]c3ccccc23)C1. The van der Waals surface area contributed by atoms with Crippen molar-refractivity contribution in [3.05, 3.63) is 35.5 Å². The number of H-pyrrole nitrogens is 1. The Balaban J connectivity index is 1.99. The van der Waals surface area contributed by atoms with Gasteiger partial charge in [0.1, 0.15) is 0 Å². The van der Waals surface area contributed by atoms with E-state index in [1.807, 2.05) is 0 Å². The Morgan fingerprint density at radius 2 is 2.19 bits per heavy atom. The molecule has 0 radical (unpaired) electrons. The monoisotopic (exact) mass is 215 g/mol. The summed E-state index contributed by atoms with van der Waals surface area (Å²) in [5.41, 5.74) is 9.75. The summed E-state index contributed by atoms with van der Waals surface area (Å²) in [5.74, 6) is 0. The van der Waals surface area contributed by atoms with Crippen molar-refractivity contribution in [1.29, 1.82) is 0 Å². The van der Waals surface area contributed by atoms with Crippen LogP contribution in [0.25, 0.3) is 10.9 Å². The Bertz CT molecular complexity index is 501. The number of fused-ring (bicyclic) bond motifs is 3. The van der Waals surface area contributed by atoms with E-state index in [-0.39, 0.29) is 0 Å². The van der Waals surface area contributed by atoms with Gasteiger partial charge in [-0.2, -0.15) is 0 Å². The molecule has 0 atom stereocenters. The number of hydrogen-bond acceptors (Lipinski definition) is 2. The molecule has 3 rings (SSSR count). The highest BCUT2D eigenvalue weighted by Crippen LogP contribution is 2.26. The molecule has 0 unspecified atom stereocenters. The average molecular weight is 215 g/mol.